The summed E-state index contributed by atoms with van der Waals surface area (Å²) in [7, 11) is -2.31. The van der Waals surface area contributed by atoms with Crippen molar-refractivity contribution in [2.24, 2.45) is 0 Å². The maximum atomic E-state index is 12.6. The predicted molar refractivity (Wildman–Crippen MR) is 125 cm³/mol. The Bertz CT molecular complexity index is 1070. The monoisotopic (exact) mass is 478 g/mol. The number of amides is 1. The minimum Gasteiger partial charge on any atom is -0.497 e. The molecule has 172 valence electrons. The highest BCUT2D eigenvalue weighted by molar-refractivity contribution is 7.92. The van der Waals surface area contributed by atoms with Crippen molar-refractivity contribution in [2.45, 2.75) is 37.0 Å². The van der Waals surface area contributed by atoms with Crippen LogP contribution in [0.5, 0.6) is 11.5 Å². The second-order valence-electron chi connectivity index (χ2n) is 7.42. The van der Waals surface area contributed by atoms with E-state index in [4.69, 9.17) is 21.1 Å². The Labute approximate surface area is 193 Å². The molecule has 0 aliphatic heterocycles. The molecular weight excluding hydrogens is 452 g/mol. The fourth-order valence-electron chi connectivity index (χ4n) is 3.33. The number of rotatable bonds is 10. The van der Waals surface area contributed by atoms with E-state index in [1.807, 2.05) is 0 Å². The van der Waals surface area contributed by atoms with Crippen LogP contribution in [-0.2, 0) is 14.8 Å². The smallest absolute Gasteiger partial charge is 0.261 e. The van der Waals surface area contributed by atoms with Crippen molar-refractivity contribution in [3.63, 3.8) is 0 Å². The van der Waals surface area contributed by atoms with Crippen LogP contribution in [0.3, 0.4) is 0 Å². The normalized spacial score (nSPS) is 13.8. The van der Waals surface area contributed by atoms with Gasteiger partial charge in [0.1, 0.15) is 11.5 Å². The standard InChI is InChI=1S/C23H27ClN2O5S/c1-30-19-9-7-18(8-10-19)26-32(28,29)20-11-12-22(21(24)15-20)31-16-23(27)25-14-13-17-5-3-2-4-6-17/h5,7-12,15,26H,2-4,6,13-14,16H2,1H3,(H,25,27). The minimum absolute atomic E-state index is 0.0177. The van der Waals surface area contributed by atoms with Crippen LogP contribution in [0.15, 0.2) is 59.0 Å². The van der Waals surface area contributed by atoms with Crippen molar-refractivity contribution in [3.8, 4) is 11.5 Å². The molecule has 2 aromatic rings. The molecule has 1 aliphatic carbocycles. The summed E-state index contributed by atoms with van der Waals surface area (Å²) in [6, 6.07) is 10.6. The molecule has 0 saturated carbocycles. The third kappa shape index (κ3) is 6.90. The van der Waals surface area contributed by atoms with Gasteiger partial charge in [-0.3, -0.25) is 9.52 Å². The molecule has 0 unspecified atom stereocenters. The van der Waals surface area contributed by atoms with Gasteiger partial charge in [-0.2, -0.15) is 0 Å². The Morgan fingerprint density at radius 2 is 1.91 bits per heavy atom. The van der Waals surface area contributed by atoms with Crippen LogP contribution >= 0.6 is 11.6 Å². The van der Waals surface area contributed by atoms with Crippen molar-refractivity contribution in [3.05, 3.63) is 59.1 Å². The van der Waals surface area contributed by atoms with Crippen LogP contribution < -0.4 is 19.5 Å². The number of carbonyl (C=O) groups excluding carboxylic acids is 1. The lowest BCUT2D eigenvalue weighted by Crippen LogP contribution is -2.30. The fraction of sp³-hybridized carbons (Fsp3) is 0.348. The number of ether oxygens (including phenoxy) is 2. The lowest BCUT2D eigenvalue weighted by molar-refractivity contribution is -0.123. The quantitative estimate of drug-likeness (QED) is 0.489. The Morgan fingerprint density at radius 1 is 1.12 bits per heavy atom. The SMILES string of the molecule is COc1ccc(NS(=O)(=O)c2ccc(OCC(=O)NCCC3=CCCCC3)c(Cl)c2)cc1. The first kappa shape index (κ1) is 23.9. The molecule has 0 heterocycles. The van der Waals surface area contributed by atoms with E-state index in [0.29, 0.717) is 18.0 Å². The molecule has 0 bridgehead atoms. The summed E-state index contributed by atoms with van der Waals surface area (Å²) in [6.07, 6.45) is 7.77. The molecule has 3 rings (SSSR count). The van der Waals surface area contributed by atoms with Gasteiger partial charge in [-0.1, -0.05) is 23.3 Å². The third-order valence-electron chi connectivity index (χ3n) is 5.07. The number of carbonyl (C=O) groups is 1. The zero-order chi connectivity index (χ0) is 23.0. The first-order valence-corrected chi connectivity index (χ1v) is 12.3. The average Bonchev–Trinajstić information content (AvgIpc) is 2.79. The van der Waals surface area contributed by atoms with Crippen LogP contribution in [-0.4, -0.2) is 34.6 Å². The summed E-state index contributed by atoms with van der Waals surface area (Å²) in [4.78, 5) is 12.0. The van der Waals surface area contributed by atoms with E-state index in [-0.39, 0.29) is 28.2 Å². The Hall–Kier alpha value is -2.71. The molecule has 0 saturated heterocycles. The van der Waals surface area contributed by atoms with Crippen LogP contribution in [0, 0.1) is 0 Å². The molecule has 9 heteroatoms. The van der Waals surface area contributed by atoms with E-state index < -0.39 is 10.0 Å². The Balaban J connectivity index is 1.52. The molecule has 0 spiro atoms. The van der Waals surface area contributed by atoms with Gasteiger partial charge in [0.2, 0.25) is 0 Å². The number of anilines is 1. The fourth-order valence-corrected chi connectivity index (χ4v) is 4.71. The van der Waals surface area contributed by atoms with Crippen molar-refractivity contribution >= 4 is 33.2 Å². The van der Waals surface area contributed by atoms with Gasteiger partial charge in [0, 0.05) is 12.2 Å². The summed E-state index contributed by atoms with van der Waals surface area (Å²) in [5, 5.41) is 2.93. The first-order chi connectivity index (χ1) is 15.4. The maximum absolute atomic E-state index is 12.6. The molecule has 1 aliphatic rings. The lowest BCUT2D eigenvalue weighted by atomic mass is 9.97. The van der Waals surface area contributed by atoms with Gasteiger partial charge in [-0.05, 0) is 74.6 Å². The molecule has 1 amide bonds. The van der Waals surface area contributed by atoms with Gasteiger partial charge in [0.05, 0.1) is 17.0 Å². The molecule has 7 nitrogen and oxygen atoms in total. The van der Waals surface area contributed by atoms with E-state index in [1.165, 1.54) is 43.7 Å². The number of sulfonamides is 1. The number of allylic oxidation sites excluding steroid dienone is 1. The van der Waals surface area contributed by atoms with Crippen LogP contribution in [0.4, 0.5) is 5.69 Å². The number of nitrogens with one attached hydrogen (secondary N) is 2. The number of benzene rings is 2. The molecule has 0 fully saturated rings. The Morgan fingerprint density at radius 3 is 2.56 bits per heavy atom. The summed E-state index contributed by atoms with van der Waals surface area (Å²) < 4.78 is 38.3. The second-order valence-corrected chi connectivity index (χ2v) is 9.51. The highest BCUT2D eigenvalue weighted by Gasteiger charge is 2.17. The van der Waals surface area contributed by atoms with Gasteiger partial charge in [0.15, 0.2) is 6.61 Å². The lowest BCUT2D eigenvalue weighted by Gasteiger charge is -2.13. The number of methoxy groups -OCH3 is 1. The summed E-state index contributed by atoms with van der Waals surface area (Å²) in [5.41, 5.74) is 1.78. The molecule has 2 N–H and O–H groups in total. The van der Waals surface area contributed by atoms with Gasteiger partial charge in [0.25, 0.3) is 15.9 Å². The third-order valence-corrected chi connectivity index (χ3v) is 6.74. The summed E-state index contributed by atoms with van der Waals surface area (Å²) in [6.45, 7) is 0.366. The molecular formula is C23H27ClN2O5S. The van der Waals surface area contributed by atoms with E-state index in [9.17, 15) is 13.2 Å². The van der Waals surface area contributed by atoms with Gasteiger partial charge in [-0.25, -0.2) is 8.42 Å². The highest BCUT2D eigenvalue weighted by atomic mass is 35.5. The molecule has 0 aromatic heterocycles. The number of halogens is 1. The topological polar surface area (TPSA) is 93.7 Å². The zero-order valence-electron chi connectivity index (χ0n) is 17.9. The van der Waals surface area contributed by atoms with Crippen LogP contribution in [0.25, 0.3) is 0 Å². The van der Waals surface area contributed by atoms with Crippen molar-refractivity contribution in [1.29, 1.82) is 0 Å². The first-order valence-electron chi connectivity index (χ1n) is 10.4. The van der Waals surface area contributed by atoms with Gasteiger partial charge < -0.3 is 14.8 Å². The predicted octanol–water partition coefficient (Wildman–Crippen LogP) is 4.53. The molecule has 0 radical (unpaired) electrons. The largest absolute Gasteiger partial charge is 0.497 e. The van der Waals surface area contributed by atoms with Crippen LogP contribution in [0.1, 0.15) is 32.1 Å². The maximum Gasteiger partial charge on any atom is 0.261 e. The minimum atomic E-state index is -3.84. The van der Waals surface area contributed by atoms with Crippen molar-refractivity contribution < 1.29 is 22.7 Å². The second kappa shape index (κ2) is 11.2. The van der Waals surface area contributed by atoms with Crippen molar-refractivity contribution in [1.82, 2.24) is 5.32 Å². The van der Waals surface area contributed by atoms with E-state index >= 15 is 0 Å². The van der Waals surface area contributed by atoms with E-state index in [2.05, 4.69) is 16.1 Å². The molecule has 32 heavy (non-hydrogen) atoms. The van der Waals surface area contributed by atoms with Gasteiger partial charge >= 0.3 is 0 Å². The average molecular weight is 479 g/mol. The zero-order valence-corrected chi connectivity index (χ0v) is 19.5. The Kier molecular flexibility index (Phi) is 8.41. The number of hydrogen-bond donors (Lipinski definition) is 2. The van der Waals surface area contributed by atoms with Crippen molar-refractivity contribution in [2.75, 3.05) is 25.0 Å². The highest BCUT2D eigenvalue weighted by Crippen LogP contribution is 2.28. The van der Waals surface area contributed by atoms with Gasteiger partial charge in [-0.15, -0.1) is 0 Å². The molecule has 0 atom stereocenters. The van der Waals surface area contributed by atoms with E-state index in [1.54, 1.807) is 24.3 Å². The number of hydrogen-bond acceptors (Lipinski definition) is 5. The molecule has 2 aromatic carbocycles. The summed E-state index contributed by atoms with van der Waals surface area (Å²) in [5.74, 6) is 0.600. The van der Waals surface area contributed by atoms with Crippen LogP contribution in [0.2, 0.25) is 5.02 Å². The van der Waals surface area contributed by atoms with E-state index in [0.717, 1.165) is 19.3 Å². The summed E-state index contributed by atoms with van der Waals surface area (Å²) >= 11 is 6.19.